The van der Waals surface area contributed by atoms with Crippen LogP contribution in [0.5, 0.6) is 5.75 Å². The molecule has 2 amide bonds. The molecule has 9 heteroatoms. The average Bonchev–Trinajstić information content (AvgIpc) is 2.91. The molecule has 0 aromatic heterocycles. The molecule has 3 rings (SSSR count). The third-order valence-corrected chi connectivity index (χ3v) is 6.21. The van der Waals surface area contributed by atoms with Crippen LogP contribution in [0.2, 0.25) is 5.02 Å². The van der Waals surface area contributed by atoms with Gasteiger partial charge in [-0.2, -0.15) is 0 Å². The van der Waals surface area contributed by atoms with E-state index in [1.165, 1.54) is 0 Å². The highest BCUT2D eigenvalue weighted by Gasteiger charge is 2.33. The fourth-order valence-electron chi connectivity index (χ4n) is 2.86. The molecule has 0 saturated carbocycles. The van der Waals surface area contributed by atoms with Crippen molar-refractivity contribution in [2.45, 2.75) is 12.8 Å². The molecule has 0 spiro atoms. The van der Waals surface area contributed by atoms with Crippen LogP contribution in [0.25, 0.3) is 0 Å². The Morgan fingerprint density at radius 1 is 1.17 bits per heavy atom. The van der Waals surface area contributed by atoms with Gasteiger partial charge < -0.3 is 4.74 Å². The second kappa shape index (κ2) is 6.60. The molecule has 2 aliphatic rings. The number of ether oxygens (including phenoxy) is 1. The molecule has 0 bridgehead atoms. The van der Waals surface area contributed by atoms with E-state index in [1.807, 2.05) is 0 Å². The van der Waals surface area contributed by atoms with Crippen LogP contribution in [0, 0.1) is 11.8 Å². The van der Waals surface area contributed by atoms with Gasteiger partial charge in [-0.15, -0.1) is 0 Å². The summed E-state index contributed by atoms with van der Waals surface area (Å²) >= 11 is 5.94. The molecular formula is C15H17ClN2O5S. The van der Waals surface area contributed by atoms with Gasteiger partial charge >= 0.3 is 0 Å². The first-order valence-electron chi connectivity index (χ1n) is 7.55. The largest absolute Gasteiger partial charge is 0.492 e. The number of hydrazine groups is 1. The maximum absolute atomic E-state index is 12.2. The van der Waals surface area contributed by atoms with Crippen LogP contribution < -0.4 is 15.6 Å². The lowest BCUT2D eigenvalue weighted by Crippen LogP contribution is -2.49. The Morgan fingerprint density at radius 3 is 2.54 bits per heavy atom. The lowest BCUT2D eigenvalue weighted by Gasteiger charge is -2.25. The SMILES string of the molecule is O=C(NNC(=O)[C@H]1CCS(=O)(=O)C1)[C@H]1COc2ccc(Cl)cc2C1. The maximum atomic E-state index is 12.2. The zero-order chi connectivity index (χ0) is 17.3. The monoisotopic (exact) mass is 372 g/mol. The van der Waals surface area contributed by atoms with Gasteiger partial charge in [-0.1, -0.05) is 11.6 Å². The normalized spacial score (nSPS) is 24.5. The smallest absolute Gasteiger partial charge is 0.245 e. The van der Waals surface area contributed by atoms with Crippen molar-refractivity contribution in [2.75, 3.05) is 18.1 Å². The number of rotatable bonds is 2. The number of carbonyl (C=O) groups excluding carboxylic acids is 2. The third kappa shape index (κ3) is 3.81. The number of sulfone groups is 1. The Labute approximate surface area is 144 Å². The molecule has 0 unspecified atom stereocenters. The highest BCUT2D eigenvalue weighted by Crippen LogP contribution is 2.29. The Balaban J connectivity index is 1.54. The number of hydrogen-bond donors (Lipinski definition) is 2. The van der Waals surface area contributed by atoms with E-state index in [-0.39, 0.29) is 30.4 Å². The first-order chi connectivity index (χ1) is 11.3. The molecule has 24 heavy (non-hydrogen) atoms. The number of benzene rings is 1. The van der Waals surface area contributed by atoms with Crippen LogP contribution in [0.3, 0.4) is 0 Å². The van der Waals surface area contributed by atoms with Crippen LogP contribution in [0.1, 0.15) is 12.0 Å². The Bertz CT molecular complexity index is 780. The van der Waals surface area contributed by atoms with E-state index in [0.717, 1.165) is 5.56 Å². The number of nitrogens with one attached hydrogen (secondary N) is 2. The molecule has 2 heterocycles. The minimum Gasteiger partial charge on any atom is -0.492 e. The third-order valence-electron chi connectivity index (χ3n) is 4.21. The van der Waals surface area contributed by atoms with Crippen LogP contribution >= 0.6 is 11.6 Å². The standard InChI is InChI=1S/C15H17ClN2O5S/c16-12-1-2-13-10(6-12)5-11(7-23-13)15(20)18-17-14(19)9-3-4-24(21,22)8-9/h1-2,6,9,11H,3-5,7-8H2,(H,17,19)(H,18,20)/t9-,11+/m0/s1. The molecule has 2 N–H and O–H groups in total. The van der Waals surface area contributed by atoms with Gasteiger partial charge in [-0.05, 0) is 36.6 Å². The van der Waals surface area contributed by atoms with Crippen LogP contribution in [-0.4, -0.2) is 38.3 Å². The zero-order valence-electron chi connectivity index (χ0n) is 12.7. The first kappa shape index (κ1) is 17.0. The molecule has 0 aliphatic carbocycles. The number of carbonyl (C=O) groups is 2. The molecule has 130 valence electrons. The van der Waals surface area contributed by atoms with Crippen molar-refractivity contribution in [1.29, 1.82) is 0 Å². The molecule has 1 saturated heterocycles. The van der Waals surface area contributed by atoms with Gasteiger partial charge in [0.05, 0.1) is 23.3 Å². The van der Waals surface area contributed by atoms with E-state index in [2.05, 4.69) is 10.9 Å². The molecule has 7 nitrogen and oxygen atoms in total. The van der Waals surface area contributed by atoms with E-state index in [9.17, 15) is 18.0 Å². The molecule has 2 atom stereocenters. The summed E-state index contributed by atoms with van der Waals surface area (Å²) in [5.74, 6) is -1.40. The van der Waals surface area contributed by atoms with Crippen molar-refractivity contribution in [3.8, 4) is 5.75 Å². The van der Waals surface area contributed by atoms with Gasteiger partial charge in [0.15, 0.2) is 9.84 Å². The van der Waals surface area contributed by atoms with E-state index < -0.39 is 27.6 Å². The van der Waals surface area contributed by atoms with E-state index in [1.54, 1.807) is 18.2 Å². The summed E-state index contributed by atoms with van der Waals surface area (Å²) in [5, 5.41) is 0.564. The van der Waals surface area contributed by atoms with Crippen LogP contribution in [0.15, 0.2) is 18.2 Å². The summed E-state index contributed by atoms with van der Waals surface area (Å²) < 4.78 is 28.3. The van der Waals surface area contributed by atoms with Crippen LogP contribution in [0.4, 0.5) is 0 Å². The molecule has 1 fully saturated rings. The van der Waals surface area contributed by atoms with Gasteiger partial charge in [-0.25, -0.2) is 8.42 Å². The van der Waals surface area contributed by atoms with Gasteiger partial charge in [0.25, 0.3) is 0 Å². The Kier molecular flexibility index (Phi) is 4.69. The second-order valence-corrected chi connectivity index (χ2v) is 8.71. The van der Waals surface area contributed by atoms with Crippen LogP contribution in [-0.2, 0) is 25.8 Å². The molecule has 1 aromatic rings. The van der Waals surface area contributed by atoms with Crippen molar-refractivity contribution in [3.05, 3.63) is 28.8 Å². The van der Waals surface area contributed by atoms with Crippen molar-refractivity contribution in [2.24, 2.45) is 11.8 Å². The van der Waals surface area contributed by atoms with Gasteiger partial charge in [-0.3, -0.25) is 20.4 Å². The van der Waals surface area contributed by atoms with Gasteiger partial charge in [0, 0.05) is 5.02 Å². The Morgan fingerprint density at radius 2 is 1.88 bits per heavy atom. The fraction of sp³-hybridized carbons (Fsp3) is 0.467. The summed E-state index contributed by atoms with van der Waals surface area (Å²) in [6, 6.07) is 5.23. The number of hydrogen-bond acceptors (Lipinski definition) is 5. The summed E-state index contributed by atoms with van der Waals surface area (Å²) in [6.45, 7) is 0.203. The summed E-state index contributed by atoms with van der Waals surface area (Å²) in [6.07, 6.45) is 0.734. The number of fused-ring (bicyclic) bond motifs is 1. The van der Waals surface area contributed by atoms with Gasteiger partial charge in [0.1, 0.15) is 12.4 Å². The predicted octanol–water partition coefficient (Wildman–Crippen LogP) is 0.473. The fourth-order valence-corrected chi connectivity index (χ4v) is 4.80. The van der Waals surface area contributed by atoms with Crippen molar-refractivity contribution in [1.82, 2.24) is 10.9 Å². The van der Waals surface area contributed by atoms with Crippen molar-refractivity contribution < 1.29 is 22.7 Å². The highest BCUT2D eigenvalue weighted by atomic mass is 35.5. The minimum absolute atomic E-state index is 0.00699. The predicted molar refractivity (Wildman–Crippen MR) is 87.2 cm³/mol. The topological polar surface area (TPSA) is 102 Å². The van der Waals surface area contributed by atoms with Crippen molar-refractivity contribution in [3.63, 3.8) is 0 Å². The molecular weight excluding hydrogens is 356 g/mol. The van der Waals surface area contributed by atoms with E-state index >= 15 is 0 Å². The lowest BCUT2D eigenvalue weighted by atomic mass is 9.96. The zero-order valence-corrected chi connectivity index (χ0v) is 14.3. The first-order valence-corrected chi connectivity index (χ1v) is 9.75. The summed E-state index contributed by atoms with van der Waals surface area (Å²) in [5.41, 5.74) is 5.50. The van der Waals surface area contributed by atoms with E-state index in [4.69, 9.17) is 16.3 Å². The number of amides is 2. The average molecular weight is 373 g/mol. The van der Waals surface area contributed by atoms with E-state index in [0.29, 0.717) is 17.2 Å². The number of halogens is 1. The highest BCUT2D eigenvalue weighted by molar-refractivity contribution is 7.91. The van der Waals surface area contributed by atoms with Crippen molar-refractivity contribution >= 4 is 33.3 Å². The molecule has 2 aliphatic heterocycles. The summed E-state index contributed by atoms with van der Waals surface area (Å²) in [4.78, 5) is 24.1. The summed E-state index contributed by atoms with van der Waals surface area (Å²) in [7, 11) is -3.14. The Hall–Kier alpha value is -1.80. The molecule has 1 aromatic carbocycles. The second-order valence-electron chi connectivity index (χ2n) is 6.04. The maximum Gasteiger partial charge on any atom is 0.245 e. The lowest BCUT2D eigenvalue weighted by molar-refractivity contribution is -0.133. The molecule has 0 radical (unpaired) electrons. The minimum atomic E-state index is -3.14. The quantitative estimate of drug-likeness (QED) is 0.735. The van der Waals surface area contributed by atoms with Gasteiger partial charge in [0.2, 0.25) is 11.8 Å².